The van der Waals surface area contributed by atoms with Crippen LogP contribution in [0.1, 0.15) is 37.4 Å². The fourth-order valence-corrected chi connectivity index (χ4v) is 3.17. The summed E-state index contributed by atoms with van der Waals surface area (Å²) in [5.74, 6) is 0. The van der Waals surface area contributed by atoms with Gasteiger partial charge in [0, 0.05) is 16.8 Å². The topological polar surface area (TPSA) is 4.93 Å². The summed E-state index contributed by atoms with van der Waals surface area (Å²) in [6.45, 7) is 4.53. The number of hydrogen-bond acceptors (Lipinski definition) is 0. The normalized spacial score (nSPS) is 11.1. The molecule has 0 saturated carbocycles. The molecule has 2 aromatic carbocycles. The van der Waals surface area contributed by atoms with Gasteiger partial charge in [0.25, 0.3) is 0 Å². The summed E-state index contributed by atoms with van der Waals surface area (Å²) < 4.78 is 2.44. The van der Waals surface area contributed by atoms with Crippen LogP contribution in [-0.4, -0.2) is 4.57 Å². The van der Waals surface area contributed by atoms with Gasteiger partial charge in [-0.15, -0.1) is 0 Å². The SMILES string of the molecule is CCCCCc1c(C)c2ccccc2n1-c1ccccc1. The second-order valence-electron chi connectivity index (χ2n) is 5.72. The van der Waals surface area contributed by atoms with Gasteiger partial charge in [-0.05, 0) is 43.5 Å². The van der Waals surface area contributed by atoms with Crippen LogP contribution in [0.5, 0.6) is 0 Å². The van der Waals surface area contributed by atoms with Gasteiger partial charge in [0.05, 0.1) is 5.52 Å². The average Bonchev–Trinajstić information content (AvgIpc) is 2.82. The predicted octanol–water partition coefficient (Wildman–Crippen LogP) is 5.67. The van der Waals surface area contributed by atoms with Crippen molar-refractivity contribution in [2.75, 3.05) is 0 Å². The number of hydrogen-bond donors (Lipinski definition) is 0. The van der Waals surface area contributed by atoms with E-state index in [0.29, 0.717) is 0 Å². The first-order chi connectivity index (χ1) is 10.3. The molecule has 3 aromatic rings. The van der Waals surface area contributed by atoms with Gasteiger partial charge in [-0.25, -0.2) is 0 Å². The van der Waals surface area contributed by atoms with Crippen molar-refractivity contribution < 1.29 is 0 Å². The summed E-state index contributed by atoms with van der Waals surface area (Å²) >= 11 is 0. The lowest BCUT2D eigenvalue weighted by Gasteiger charge is -2.11. The molecule has 1 heteroatoms. The molecule has 0 aliphatic carbocycles. The first kappa shape index (κ1) is 13.9. The third-order valence-corrected chi connectivity index (χ3v) is 4.28. The van der Waals surface area contributed by atoms with E-state index in [1.165, 1.54) is 47.1 Å². The number of rotatable bonds is 5. The van der Waals surface area contributed by atoms with Crippen molar-refractivity contribution in [1.82, 2.24) is 4.57 Å². The van der Waals surface area contributed by atoms with Crippen molar-refractivity contribution in [2.24, 2.45) is 0 Å². The highest BCUT2D eigenvalue weighted by atomic mass is 15.0. The zero-order valence-electron chi connectivity index (χ0n) is 13.0. The Hall–Kier alpha value is -2.02. The molecule has 1 aromatic heterocycles. The molecule has 0 radical (unpaired) electrons. The lowest BCUT2D eigenvalue weighted by Crippen LogP contribution is -2.01. The van der Waals surface area contributed by atoms with E-state index in [9.17, 15) is 0 Å². The average molecular weight is 277 g/mol. The maximum atomic E-state index is 2.44. The Morgan fingerprint density at radius 3 is 2.33 bits per heavy atom. The van der Waals surface area contributed by atoms with E-state index in [2.05, 4.69) is 73.0 Å². The van der Waals surface area contributed by atoms with Crippen molar-refractivity contribution in [2.45, 2.75) is 39.5 Å². The largest absolute Gasteiger partial charge is 0.313 e. The van der Waals surface area contributed by atoms with E-state index in [4.69, 9.17) is 0 Å². The first-order valence-corrected chi connectivity index (χ1v) is 7.97. The quantitative estimate of drug-likeness (QED) is 0.529. The zero-order chi connectivity index (χ0) is 14.7. The van der Waals surface area contributed by atoms with E-state index >= 15 is 0 Å². The molecule has 0 aliphatic heterocycles. The van der Waals surface area contributed by atoms with Gasteiger partial charge < -0.3 is 4.57 Å². The van der Waals surface area contributed by atoms with Crippen LogP contribution in [0.2, 0.25) is 0 Å². The van der Waals surface area contributed by atoms with Crippen LogP contribution >= 0.6 is 0 Å². The van der Waals surface area contributed by atoms with Gasteiger partial charge in [-0.2, -0.15) is 0 Å². The monoisotopic (exact) mass is 277 g/mol. The Bertz CT molecular complexity index is 722. The number of aryl methyl sites for hydroxylation is 1. The molecular weight excluding hydrogens is 254 g/mol. The summed E-state index contributed by atoms with van der Waals surface area (Å²) in [5, 5.41) is 1.38. The Balaban J connectivity index is 2.17. The Morgan fingerprint density at radius 1 is 0.857 bits per heavy atom. The maximum absolute atomic E-state index is 2.44. The number of fused-ring (bicyclic) bond motifs is 1. The van der Waals surface area contributed by atoms with E-state index < -0.39 is 0 Å². The van der Waals surface area contributed by atoms with Gasteiger partial charge in [0.1, 0.15) is 0 Å². The maximum Gasteiger partial charge on any atom is 0.0534 e. The highest BCUT2D eigenvalue weighted by Gasteiger charge is 2.14. The summed E-state index contributed by atoms with van der Waals surface area (Å²) in [5.41, 5.74) is 5.50. The highest BCUT2D eigenvalue weighted by molar-refractivity contribution is 5.87. The van der Waals surface area contributed by atoms with Crippen molar-refractivity contribution in [1.29, 1.82) is 0 Å². The molecule has 1 nitrogen and oxygen atoms in total. The Kier molecular flexibility index (Phi) is 4.10. The number of nitrogens with zero attached hydrogens (tertiary/aromatic N) is 1. The third-order valence-electron chi connectivity index (χ3n) is 4.28. The minimum atomic E-state index is 1.16. The van der Waals surface area contributed by atoms with Crippen molar-refractivity contribution in [3.05, 3.63) is 65.9 Å². The minimum Gasteiger partial charge on any atom is -0.313 e. The summed E-state index contributed by atoms with van der Waals surface area (Å²) in [4.78, 5) is 0. The number of unbranched alkanes of at least 4 members (excludes halogenated alkanes) is 2. The fourth-order valence-electron chi connectivity index (χ4n) is 3.17. The van der Waals surface area contributed by atoms with E-state index in [1.807, 2.05) is 0 Å². The number of benzene rings is 2. The van der Waals surface area contributed by atoms with Crippen LogP contribution in [-0.2, 0) is 6.42 Å². The number of aromatic nitrogens is 1. The molecule has 0 N–H and O–H groups in total. The second-order valence-corrected chi connectivity index (χ2v) is 5.72. The minimum absolute atomic E-state index is 1.16. The van der Waals surface area contributed by atoms with Crippen LogP contribution in [0, 0.1) is 6.92 Å². The molecule has 0 aliphatic rings. The lowest BCUT2D eigenvalue weighted by atomic mass is 10.1. The van der Waals surface area contributed by atoms with Gasteiger partial charge in [-0.3, -0.25) is 0 Å². The molecular formula is C20H23N. The van der Waals surface area contributed by atoms with Gasteiger partial charge in [0.15, 0.2) is 0 Å². The van der Waals surface area contributed by atoms with Gasteiger partial charge in [0.2, 0.25) is 0 Å². The summed E-state index contributed by atoms with van der Waals surface area (Å²) in [7, 11) is 0. The van der Waals surface area contributed by atoms with Crippen molar-refractivity contribution in [3.63, 3.8) is 0 Å². The molecule has 0 saturated heterocycles. The second kappa shape index (κ2) is 6.17. The Morgan fingerprint density at radius 2 is 1.57 bits per heavy atom. The smallest absolute Gasteiger partial charge is 0.0534 e. The van der Waals surface area contributed by atoms with Crippen LogP contribution in [0.25, 0.3) is 16.6 Å². The Labute approximate surface area is 127 Å². The predicted molar refractivity (Wildman–Crippen MR) is 91.2 cm³/mol. The molecule has 0 bridgehead atoms. The van der Waals surface area contributed by atoms with Gasteiger partial charge >= 0.3 is 0 Å². The highest BCUT2D eigenvalue weighted by Crippen LogP contribution is 2.30. The molecule has 0 fully saturated rings. The van der Waals surface area contributed by atoms with Crippen LogP contribution in [0.15, 0.2) is 54.6 Å². The van der Waals surface area contributed by atoms with E-state index in [-0.39, 0.29) is 0 Å². The van der Waals surface area contributed by atoms with Gasteiger partial charge in [-0.1, -0.05) is 56.2 Å². The molecule has 0 amide bonds. The first-order valence-electron chi connectivity index (χ1n) is 7.97. The summed E-state index contributed by atoms with van der Waals surface area (Å²) in [6, 6.07) is 19.5. The molecule has 3 rings (SSSR count). The fraction of sp³-hybridized carbons (Fsp3) is 0.300. The summed E-state index contributed by atoms with van der Waals surface area (Å²) in [6.07, 6.45) is 4.99. The lowest BCUT2D eigenvalue weighted by molar-refractivity contribution is 0.699. The van der Waals surface area contributed by atoms with Crippen molar-refractivity contribution in [3.8, 4) is 5.69 Å². The molecule has 108 valence electrons. The van der Waals surface area contributed by atoms with Crippen LogP contribution in [0.3, 0.4) is 0 Å². The standard InChI is InChI=1S/C20H23N/c1-3-4-6-14-19-16(2)18-13-9-10-15-20(18)21(19)17-11-7-5-8-12-17/h5,7-13,15H,3-4,6,14H2,1-2H3. The zero-order valence-corrected chi connectivity index (χ0v) is 13.0. The van der Waals surface area contributed by atoms with E-state index in [0.717, 1.165) is 6.42 Å². The van der Waals surface area contributed by atoms with Crippen molar-refractivity contribution >= 4 is 10.9 Å². The van der Waals surface area contributed by atoms with E-state index in [1.54, 1.807) is 0 Å². The van der Waals surface area contributed by atoms with Crippen LogP contribution in [0.4, 0.5) is 0 Å². The molecule has 0 unspecified atom stereocenters. The molecule has 21 heavy (non-hydrogen) atoms. The molecule has 0 atom stereocenters. The number of para-hydroxylation sites is 2. The van der Waals surface area contributed by atoms with Crippen LogP contribution < -0.4 is 0 Å². The third kappa shape index (κ3) is 2.61. The molecule has 0 spiro atoms. The molecule has 1 heterocycles.